The summed E-state index contributed by atoms with van der Waals surface area (Å²) in [5, 5.41) is 12.5. The first-order valence-corrected chi connectivity index (χ1v) is 5.36. The first-order chi connectivity index (χ1) is 7.65. The number of phenols is 1. The van der Waals surface area contributed by atoms with E-state index in [9.17, 15) is 9.50 Å². The zero-order chi connectivity index (χ0) is 12.0. The molecular weight excluding hydrogens is 209 g/mol. The second kappa shape index (κ2) is 6.45. The third-order valence-corrected chi connectivity index (χ3v) is 2.40. The van der Waals surface area contributed by atoms with E-state index < -0.39 is 5.82 Å². The van der Waals surface area contributed by atoms with E-state index in [0.29, 0.717) is 13.2 Å². The summed E-state index contributed by atoms with van der Waals surface area (Å²) in [5.74, 6) is -0.465. The van der Waals surface area contributed by atoms with Gasteiger partial charge in [0, 0.05) is 25.8 Å². The van der Waals surface area contributed by atoms with Crippen molar-refractivity contribution < 1.29 is 14.2 Å². The van der Waals surface area contributed by atoms with Crippen molar-refractivity contribution in [1.82, 2.24) is 5.32 Å². The van der Waals surface area contributed by atoms with Gasteiger partial charge in [0.05, 0.1) is 6.61 Å². The number of hydrogen-bond donors (Lipinski definition) is 2. The van der Waals surface area contributed by atoms with E-state index in [2.05, 4.69) is 12.2 Å². The zero-order valence-corrected chi connectivity index (χ0v) is 9.66. The second-order valence-corrected chi connectivity index (χ2v) is 3.76. The standard InChI is InChI=1S/C12H18FNO2/c1-3-11(8-16-2)14-7-9-4-10(13)6-12(15)5-9/h4-6,11,14-15H,3,7-8H2,1-2H3. The van der Waals surface area contributed by atoms with E-state index in [1.54, 1.807) is 13.2 Å². The summed E-state index contributed by atoms with van der Waals surface area (Å²) in [4.78, 5) is 0. The Hall–Kier alpha value is -1.13. The molecule has 1 atom stereocenters. The third-order valence-electron chi connectivity index (χ3n) is 2.40. The fraction of sp³-hybridized carbons (Fsp3) is 0.500. The molecule has 2 N–H and O–H groups in total. The number of methoxy groups -OCH3 is 1. The summed E-state index contributed by atoms with van der Waals surface area (Å²) in [6.07, 6.45) is 0.940. The van der Waals surface area contributed by atoms with Crippen LogP contribution < -0.4 is 5.32 Å². The monoisotopic (exact) mass is 227 g/mol. The van der Waals surface area contributed by atoms with E-state index in [0.717, 1.165) is 18.1 Å². The van der Waals surface area contributed by atoms with Crippen LogP contribution in [0.4, 0.5) is 4.39 Å². The van der Waals surface area contributed by atoms with Gasteiger partial charge in [-0.3, -0.25) is 0 Å². The van der Waals surface area contributed by atoms with Gasteiger partial charge in [-0.25, -0.2) is 4.39 Å². The minimum Gasteiger partial charge on any atom is -0.508 e. The molecule has 0 spiro atoms. The van der Waals surface area contributed by atoms with Crippen LogP contribution in [0.25, 0.3) is 0 Å². The molecular formula is C12H18FNO2. The van der Waals surface area contributed by atoms with Crippen LogP contribution >= 0.6 is 0 Å². The van der Waals surface area contributed by atoms with Gasteiger partial charge < -0.3 is 15.2 Å². The van der Waals surface area contributed by atoms with Crippen LogP contribution in [0.1, 0.15) is 18.9 Å². The Morgan fingerprint density at radius 3 is 2.75 bits per heavy atom. The zero-order valence-electron chi connectivity index (χ0n) is 9.66. The summed E-state index contributed by atoms with van der Waals surface area (Å²) < 4.78 is 18.0. The second-order valence-electron chi connectivity index (χ2n) is 3.76. The van der Waals surface area contributed by atoms with Crippen LogP contribution in [0.15, 0.2) is 18.2 Å². The van der Waals surface area contributed by atoms with Crippen LogP contribution in [0, 0.1) is 5.82 Å². The molecule has 0 radical (unpaired) electrons. The Kier molecular flexibility index (Phi) is 5.22. The van der Waals surface area contributed by atoms with E-state index in [4.69, 9.17) is 4.74 Å². The number of halogens is 1. The fourth-order valence-corrected chi connectivity index (χ4v) is 1.52. The minimum absolute atomic E-state index is 0.0448. The molecule has 0 aromatic heterocycles. The van der Waals surface area contributed by atoms with Gasteiger partial charge in [-0.1, -0.05) is 6.92 Å². The highest BCUT2D eigenvalue weighted by Crippen LogP contribution is 2.14. The van der Waals surface area contributed by atoms with E-state index in [-0.39, 0.29) is 11.8 Å². The summed E-state index contributed by atoms with van der Waals surface area (Å²) in [7, 11) is 1.65. The maximum Gasteiger partial charge on any atom is 0.127 e. The topological polar surface area (TPSA) is 41.5 Å². The summed E-state index contributed by atoms with van der Waals surface area (Å²) >= 11 is 0. The maximum absolute atomic E-state index is 13.0. The Labute approximate surface area is 95.2 Å². The number of phenolic OH excluding ortho intramolecular Hbond substituents is 1. The minimum atomic E-state index is -0.420. The van der Waals surface area contributed by atoms with Crippen LogP contribution in [0.5, 0.6) is 5.75 Å². The quantitative estimate of drug-likeness (QED) is 0.781. The van der Waals surface area contributed by atoms with Crippen molar-refractivity contribution in [2.45, 2.75) is 25.9 Å². The molecule has 3 nitrogen and oxygen atoms in total. The van der Waals surface area contributed by atoms with Gasteiger partial charge >= 0.3 is 0 Å². The number of benzene rings is 1. The van der Waals surface area contributed by atoms with Gasteiger partial charge in [0.25, 0.3) is 0 Å². The Balaban J connectivity index is 2.52. The average molecular weight is 227 g/mol. The Morgan fingerprint density at radius 2 is 2.19 bits per heavy atom. The third kappa shape index (κ3) is 4.16. The molecule has 1 aromatic rings. The van der Waals surface area contributed by atoms with E-state index in [1.807, 2.05) is 0 Å². The molecule has 90 valence electrons. The fourth-order valence-electron chi connectivity index (χ4n) is 1.52. The number of hydrogen-bond acceptors (Lipinski definition) is 3. The molecule has 0 heterocycles. The lowest BCUT2D eigenvalue weighted by molar-refractivity contribution is 0.164. The molecule has 0 bridgehead atoms. The van der Waals surface area contributed by atoms with Gasteiger partial charge in [0.1, 0.15) is 11.6 Å². The van der Waals surface area contributed by atoms with Crippen molar-refractivity contribution in [3.63, 3.8) is 0 Å². The molecule has 1 aromatic carbocycles. The van der Waals surface area contributed by atoms with Crippen molar-refractivity contribution in [3.05, 3.63) is 29.6 Å². The van der Waals surface area contributed by atoms with Gasteiger partial charge in [-0.2, -0.15) is 0 Å². The van der Waals surface area contributed by atoms with Crippen LogP contribution in [-0.4, -0.2) is 24.9 Å². The smallest absolute Gasteiger partial charge is 0.127 e. The van der Waals surface area contributed by atoms with Gasteiger partial charge in [-0.05, 0) is 24.1 Å². The van der Waals surface area contributed by atoms with Gasteiger partial charge in [0.15, 0.2) is 0 Å². The molecule has 1 rings (SSSR count). The molecule has 16 heavy (non-hydrogen) atoms. The molecule has 0 saturated carbocycles. The molecule has 0 aliphatic rings. The van der Waals surface area contributed by atoms with Crippen molar-refractivity contribution in [2.75, 3.05) is 13.7 Å². The highest BCUT2D eigenvalue weighted by Gasteiger charge is 2.06. The Morgan fingerprint density at radius 1 is 1.44 bits per heavy atom. The predicted molar refractivity (Wildman–Crippen MR) is 60.9 cm³/mol. The maximum atomic E-state index is 13.0. The highest BCUT2D eigenvalue weighted by molar-refractivity contribution is 5.28. The Bertz CT molecular complexity index is 311. The van der Waals surface area contributed by atoms with Crippen molar-refractivity contribution in [2.24, 2.45) is 0 Å². The number of nitrogens with one attached hydrogen (secondary N) is 1. The van der Waals surface area contributed by atoms with E-state index in [1.165, 1.54) is 6.07 Å². The van der Waals surface area contributed by atoms with Gasteiger partial charge in [0.2, 0.25) is 0 Å². The molecule has 0 fully saturated rings. The molecule has 0 aliphatic carbocycles. The van der Waals surface area contributed by atoms with Gasteiger partial charge in [-0.15, -0.1) is 0 Å². The number of ether oxygens (including phenoxy) is 1. The number of rotatable bonds is 6. The lowest BCUT2D eigenvalue weighted by Crippen LogP contribution is -2.32. The van der Waals surface area contributed by atoms with Crippen molar-refractivity contribution in [3.8, 4) is 5.75 Å². The lowest BCUT2D eigenvalue weighted by Gasteiger charge is -2.15. The van der Waals surface area contributed by atoms with Crippen LogP contribution in [0.3, 0.4) is 0 Å². The predicted octanol–water partition coefficient (Wildman–Crippen LogP) is 2.05. The normalized spacial score (nSPS) is 12.7. The molecule has 0 saturated heterocycles. The highest BCUT2D eigenvalue weighted by atomic mass is 19.1. The molecule has 0 aliphatic heterocycles. The summed E-state index contributed by atoms with van der Waals surface area (Å²) in [6, 6.07) is 4.30. The van der Waals surface area contributed by atoms with Crippen LogP contribution in [0.2, 0.25) is 0 Å². The first-order valence-electron chi connectivity index (χ1n) is 5.36. The first kappa shape index (κ1) is 12.9. The van der Waals surface area contributed by atoms with Crippen LogP contribution in [-0.2, 0) is 11.3 Å². The lowest BCUT2D eigenvalue weighted by atomic mass is 10.2. The molecule has 4 heteroatoms. The van der Waals surface area contributed by atoms with E-state index >= 15 is 0 Å². The van der Waals surface area contributed by atoms with Crippen molar-refractivity contribution >= 4 is 0 Å². The molecule has 0 amide bonds. The average Bonchev–Trinajstić information content (AvgIpc) is 2.23. The summed E-state index contributed by atoms with van der Waals surface area (Å²) in [6.45, 7) is 3.20. The largest absolute Gasteiger partial charge is 0.508 e. The SMILES string of the molecule is CCC(COC)NCc1cc(O)cc(F)c1. The number of aromatic hydroxyl groups is 1. The van der Waals surface area contributed by atoms with Crippen molar-refractivity contribution in [1.29, 1.82) is 0 Å². The molecule has 1 unspecified atom stereocenters. The summed E-state index contributed by atoms with van der Waals surface area (Å²) in [5.41, 5.74) is 0.729.